The van der Waals surface area contributed by atoms with Crippen LogP contribution in [0.5, 0.6) is 0 Å². The highest BCUT2D eigenvalue weighted by Gasteiger charge is 2.23. The summed E-state index contributed by atoms with van der Waals surface area (Å²) in [5.41, 5.74) is 3.30. The van der Waals surface area contributed by atoms with E-state index in [0.717, 1.165) is 0 Å². The van der Waals surface area contributed by atoms with Crippen LogP contribution in [-0.4, -0.2) is 15.1 Å². The second kappa shape index (κ2) is 8.98. The number of nitro benzene ring substituents is 1. The van der Waals surface area contributed by atoms with Gasteiger partial charge in [0.2, 0.25) is 11.8 Å². The standard InChI is InChI=1S/C24H30N4O3/c1-15(2)21(17-7-11-19(12-8-17)24(4,5)6)25-16(3)22-26-27-23(31-22)18-9-13-20(14-10-18)28(29)30/h7-16,21,25H,1-6H3/t16-,21+/m0/s1. The van der Waals surface area contributed by atoms with Crippen molar-refractivity contribution in [1.82, 2.24) is 15.5 Å². The monoisotopic (exact) mass is 422 g/mol. The van der Waals surface area contributed by atoms with Crippen LogP contribution in [0.3, 0.4) is 0 Å². The van der Waals surface area contributed by atoms with E-state index in [0.29, 0.717) is 23.3 Å². The average Bonchev–Trinajstić information content (AvgIpc) is 3.21. The van der Waals surface area contributed by atoms with Gasteiger partial charge in [-0.05, 0) is 41.5 Å². The van der Waals surface area contributed by atoms with Crippen LogP contribution in [-0.2, 0) is 5.41 Å². The third-order valence-corrected chi connectivity index (χ3v) is 5.37. The summed E-state index contributed by atoms with van der Waals surface area (Å²) in [6.45, 7) is 13.0. The molecule has 0 aliphatic carbocycles. The van der Waals surface area contributed by atoms with Crippen molar-refractivity contribution in [2.24, 2.45) is 5.92 Å². The summed E-state index contributed by atoms with van der Waals surface area (Å²) >= 11 is 0. The van der Waals surface area contributed by atoms with Crippen LogP contribution in [0.4, 0.5) is 5.69 Å². The van der Waals surface area contributed by atoms with Crippen molar-refractivity contribution in [3.63, 3.8) is 0 Å². The first-order valence-corrected chi connectivity index (χ1v) is 10.5. The number of benzene rings is 2. The molecule has 7 heteroatoms. The number of hydrogen-bond acceptors (Lipinski definition) is 6. The van der Waals surface area contributed by atoms with Gasteiger partial charge in [-0.2, -0.15) is 0 Å². The lowest BCUT2D eigenvalue weighted by molar-refractivity contribution is -0.384. The Balaban J connectivity index is 1.76. The first-order valence-electron chi connectivity index (χ1n) is 10.5. The molecule has 3 rings (SSSR count). The topological polar surface area (TPSA) is 94.1 Å². The second-order valence-electron chi connectivity index (χ2n) is 9.23. The summed E-state index contributed by atoms with van der Waals surface area (Å²) in [6.07, 6.45) is 0. The Bertz CT molecular complexity index is 1020. The summed E-state index contributed by atoms with van der Waals surface area (Å²) in [6, 6.07) is 14.8. The highest BCUT2D eigenvalue weighted by atomic mass is 16.6. The molecule has 0 spiro atoms. The van der Waals surface area contributed by atoms with Crippen molar-refractivity contribution < 1.29 is 9.34 Å². The van der Waals surface area contributed by atoms with Gasteiger partial charge in [-0.25, -0.2) is 0 Å². The Labute approximate surface area is 183 Å². The van der Waals surface area contributed by atoms with Gasteiger partial charge in [0.15, 0.2) is 0 Å². The van der Waals surface area contributed by atoms with E-state index >= 15 is 0 Å². The zero-order valence-corrected chi connectivity index (χ0v) is 18.9. The van der Waals surface area contributed by atoms with Crippen LogP contribution in [0.25, 0.3) is 11.5 Å². The number of nitro groups is 1. The predicted molar refractivity (Wildman–Crippen MR) is 121 cm³/mol. The van der Waals surface area contributed by atoms with Crippen molar-refractivity contribution in [3.8, 4) is 11.5 Å². The van der Waals surface area contributed by atoms with Gasteiger partial charge in [0, 0.05) is 23.7 Å². The van der Waals surface area contributed by atoms with Gasteiger partial charge >= 0.3 is 0 Å². The minimum absolute atomic E-state index is 0.0239. The predicted octanol–water partition coefficient (Wildman–Crippen LogP) is 5.99. The Morgan fingerprint density at radius 2 is 1.58 bits per heavy atom. The molecule has 0 saturated heterocycles. The number of non-ortho nitro benzene ring substituents is 1. The Morgan fingerprint density at radius 1 is 0.968 bits per heavy atom. The lowest BCUT2D eigenvalue weighted by Gasteiger charge is -2.27. The van der Waals surface area contributed by atoms with Crippen LogP contribution in [0.2, 0.25) is 0 Å². The quantitative estimate of drug-likeness (QED) is 0.371. The molecule has 0 aliphatic rings. The maximum absolute atomic E-state index is 10.8. The molecule has 0 radical (unpaired) electrons. The third kappa shape index (κ3) is 5.35. The van der Waals surface area contributed by atoms with E-state index in [2.05, 4.69) is 74.4 Å². The number of hydrogen-bond donors (Lipinski definition) is 1. The molecule has 2 aromatic carbocycles. The molecule has 2 atom stereocenters. The largest absolute Gasteiger partial charge is 0.419 e. The maximum Gasteiger partial charge on any atom is 0.269 e. The average molecular weight is 423 g/mol. The van der Waals surface area contributed by atoms with E-state index in [-0.39, 0.29) is 23.2 Å². The van der Waals surface area contributed by atoms with Gasteiger partial charge in [0.1, 0.15) is 0 Å². The number of aromatic nitrogens is 2. The molecule has 0 saturated carbocycles. The van der Waals surface area contributed by atoms with E-state index in [1.165, 1.54) is 23.3 Å². The zero-order chi connectivity index (χ0) is 22.8. The van der Waals surface area contributed by atoms with Crippen LogP contribution in [0, 0.1) is 16.0 Å². The molecular formula is C24H30N4O3. The van der Waals surface area contributed by atoms with Gasteiger partial charge in [-0.3, -0.25) is 15.4 Å². The third-order valence-electron chi connectivity index (χ3n) is 5.37. The van der Waals surface area contributed by atoms with Crippen LogP contribution < -0.4 is 5.32 Å². The van der Waals surface area contributed by atoms with Gasteiger partial charge in [0.05, 0.1) is 11.0 Å². The fourth-order valence-corrected chi connectivity index (χ4v) is 3.46. The molecule has 1 aromatic heterocycles. The molecule has 0 fully saturated rings. The maximum atomic E-state index is 10.8. The van der Waals surface area contributed by atoms with E-state index in [1.807, 2.05) is 6.92 Å². The first kappa shape index (κ1) is 22.6. The molecule has 1 heterocycles. The van der Waals surface area contributed by atoms with Gasteiger partial charge < -0.3 is 4.42 Å². The molecular weight excluding hydrogens is 392 g/mol. The molecule has 0 aliphatic heterocycles. The summed E-state index contributed by atoms with van der Waals surface area (Å²) in [5, 5.41) is 22.7. The SMILES string of the molecule is CC(C)[C@@H](N[C@@H](C)c1nnc(-c2ccc([N+](=O)[O-])cc2)o1)c1ccc(C(C)(C)C)cc1. The highest BCUT2D eigenvalue weighted by molar-refractivity contribution is 5.55. The number of nitrogens with one attached hydrogen (secondary N) is 1. The second-order valence-corrected chi connectivity index (χ2v) is 9.23. The van der Waals surface area contributed by atoms with Gasteiger partial charge in [0.25, 0.3) is 5.69 Å². The number of rotatable bonds is 7. The molecule has 0 unspecified atom stereocenters. The minimum atomic E-state index is -0.435. The summed E-state index contributed by atoms with van der Waals surface area (Å²) in [5.74, 6) is 1.18. The lowest BCUT2D eigenvalue weighted by atomic mass is 9.85. The fourth-order valence-electron chi connectivity index (χ4n) is 3.46. The summed E-state index contributed by atoms with van der Waals surface area (Å²) < 4.78 is 5.86. The molecule has 0 amide bonds. The molecule has 3 aromatic rings. The first-order chi connectivity index (χ1) is 14.6. The molecule has 31 heavy (non-hydrogen) atoms. The molecule has 7 nitrogen and oxygen atoms in total. The Hall–Kier alpha value is -3.06. The van der Waals surface area contributed by atoms with Crippen molar-refractivity contribution in [3.05, 3.63) is 75.7 Å². The lowest BCUT2D eigenvalue weighted by Crippen LogP contribution is -2.28. The summed E-state index contributed by atoms with van der Waals surface area (Å²) in [4.78, 5) is 10.4. The Kier molecular flexibility index (Phi) is 6.55. The van der Waals surface area contributed by atoms with Crippen molar-refractivity contribution in [2.45, 2.75) is 59.0 Å². The van der Waals surface area contributed by atoms with Crippen molar-refractivity contribution in [1.29, 1.82) is 0 Å². The normalized spacial score (nSPS) is 13.9. The molecule has 164 valence electrons. The smallest absolute Gasteiger partial charge is 0.269 e. The van der Waals surface area contributed by atoms with Crippen LogP contribution >= 0.6 is 0 Å². The van der Waals surface area contributed by atoms with E-state index < -0.39 is 4.92 Å². The zero-order valence-electron chi connectivity index (χ0n) is 18.9. The summed E-state index contributed by atoms with van der Waals surface area (Å²) in [7, 11) is 0. The molecule has 1 N–H and O–H groups in total. The van der Waals surface area contributed by atoms with Crippen LogP contribution in [0.1, 0.15) is 70.6 Å². The van der Waals surface area contributed by atoms with E-state index in [9.17, 15) is 10.1 Å². The highest BCUT2D eigenvalue weighted by Crippen LogP contribution is 2.29. The fraction of sp³-hybridized carbons (Fsp3) is 0.417. The minimum Gasteiger partial charge on any atom is -0.419 e. The van der Waals surface area contributed by atoms with E-state index in [4.69, 9.17) is 4.42 Å². The Morgan fingerprint density at radius 3 is 2.10 bits per heavy atom. The number of nitrogens with zero attached hydrogens (tertiary/aromatic N) is 3. The van der Waals surface area contributed by atoms with Crippen molar-refractivity contribution in [2.75, 3.05) is 0 Å². The van der Waals surface area contributed by atoms with Crippen LogP contribution in [0.15, 0.2) is 52.9 Å². The molecule has 0 bridgehead atoms. The van der Waals surface area contributed by atoms with Gasteiger partial charge in [-0.1, -0.05) is 58.9 Å². The van der Waals surface area contributed by atoms with E-state index in [1.54, 1.807) is 12.1 Å². The van der Waals surface area contributed by atoms with Gasteiger partial charge in [-0.15, -0.1) is 10.2 Å². The van der Waals surface area contributed by atoms with Crippen molar-refractivity contribution >= 4 is 5.69 Å².